The Morgan fingerprint density at radius 1 is 1.28 bits per heavy atom. The highest BCUT2D eigenvalue weighted by Crippen LogP contribution is 2.28. The molecule has 0 radical (unpaired) electrons. The topological polar surface area (TPSA) is 78.1 Å². The summed E-state index contributed by atoms with van der Waals surface area (Å²) in [6, 6.07) is 7.84. The molecule has 0 spiro atoms. The molecule has 0 saturated carbocycles. The highest BCUT2D eigenvalue weighted by atomic mass is 16.5. The minimum absolute atomic E-state index is 0.0289. The molecule has 8 heteroatoms. The number of amides is 1. The third-order valence-corrected chi connectivity index (χ3v) is 4.68. The predicted molar refractivity (Wildman–Crippen MR) is 90.9 cm³/mol. The van der Waals surface area contributed by atoms with E-state index in [0.29, 0.717) is 13.1 Å². The zero-order valence-electron chi connectivity index (χ0n) is 14.2. The normalized spacial score (nSPS) is 20.5. The summed E-state index contributed by atoms with van der Waals surface area (Å²) in [7, 11) is 3.50. The van der Waals surface area contributed by atoms with Crippen LogP contribution < -0.4 is 0 Å². The fourth-order valence-corrected chi connectivity index (χ4v) is 3.37. The van der Waals surface area contributed by atoms with Gasteiger partial charge in [0, 0.05) is 45.0 Å². The SMILES string of the molecule is CO[C@@H]1CN(C(=O)Cn2cc3ccccc3n2)C[C@H]1c1cn(C)nn1. The average Bonchev–Trinajstić information content (AvgIpc) is 3.30. The zero-order valence-corrected chi connectivity index (χ0v) is 14.2. The lowest BCUT2D eigenvalue weighted by Crippen LogP contribution is -2.33. The van der Waals surface area contributed by atoms with Crippen molar-refractivity contribution in [1.82, 2.24) is 29.7 Å². The number of hydrogen-bond donors (Lipinski definition) is 0. The van der Waals surface area contributed by atoms with E-state index in [1.54, 1.807) is 16.5 Å². The number of methoxy groups -OCH3 is 1. The molecule has 0 aliphatic carbocycles. The summed E-state index contributed by atoms with van der Waals surface area (Å²) in [6.07, 6.45) is 3.71. The van der Waals surface area contributed by atoms with E-state index >= 15 is 0 Å². The summed E-state index contributed by atoms with van der Waals surface area (Å²) in [5, 5.41) is 13.7. The molecule has 130 valence electrons. The summed E-state index contributed by atoms with van der Waals surface area (Å²) >= 11 is 0. The number of carbonyl (C=O) groups excluding carboxylic acids is 1. The Balaban J connectivity index is 1.48. The number of fused-ring (bicyclic) bond motifs is 1. The van der Waals surface area contributed by atoms with Gasteiger partial charge in [0.2, 0.25) is 5.91 Å². The summed E-state index contributed by atoms with van der Waals surface area (Å²) in [5.74, 6) is 0.0700. The molecule has 1 saturated heterocycles. The molecule has 2 atom stereocenters. The van der Waals surface area contributed by atoms with E-state index in [-0.39, 0.29) is 24.5 Å². The number of nitrogens with zero attached hydrogens (tertiary/aromatic N) is 6. The smallest absolute Gasteiger partial charge is 0.244 e. The molecule has 0 unspecified atom stereocenters. The number of hydrogen-bond acceptors (Lipinski definition) is 5. The number of aryl methyl sites for hydroxylation is 1. The van der Waals surface area contributed by atoms with Crippen LogP contribution in [0.4, 0.5) is 0 Å². The van der Waals surface area contributed by atoms with E-state index in [1.807, 2.05) is 48.6 Å². The highest BCUT2D eigenvalue weighted by Gasteiger charge is 2.37. The molecule has 1 fully saturated rings. The molecule has 1 aliphatic rings. The van der Waals surface area contributed by atoms with Crippen molar-refractivity contribution < 1.29 is 9.53 Å². The van der Waals surface area contributed by atoms with Gasteiger partial charge in [-0.25, -0.2) is 0 Å². The van der Waals surface area contributed by atoms with E-state index in [0.717, 1.165) is 16.6 Å². The van der Waals surface area contributed by atoms with Crippen LogP contribution in [0.1, 0.15) is 11.6 Å². The van der Waals surface area contributed by atoms with Crippen molar-refractivity contribution in [3.8, 4) is 0 Å². The van der Waals surface area contributed by atoms with E-state index in [1.165, 1.54) is 0 Å². The second-order valence-corrected chi connectivity index (χ2v) is 6.38. The molecule has 1 aromatic carbocycles. The maximum atomic E-state index is 12.7. The van der Waals surface area contributed by atoms with Crippen molar-refractivity contribution in [2.24, 2.45) is 7.05 Å². The van der Waals surface area contributed by atoms with Gasteiger partial charge in [-0.05, 0) is 6.07 Å². The van der Waals surface area contributed by atoms with Crippen molar-refractivity contribution in [3.63, 3.8) is 0 Å². The van der Waals surface area contributed by atoms with Gasteiger partial charge >= 0.3 is 0 Å². The molecule has 4 rings (SSSR count). The molecule has 3 aromatic rings. The average molecular weight is 340 g/mol. The fourth-order valence-electron chi connectivity index (χ4n) is 3.37. The standard InChI is InChI=1S/C17H20N6O2/c1-21-9-15(18-20-21)13-8-22(10-16(13)25-2)17(24)11-23-7-12-5-3-4-6-14(12)19-23/h3-7,9,13,16H,8,10-11H2,1-2H3/t13-,16+/m0/s1. The Kier molecular flexibility index (Phi) is 3.96. The van der Waals surface area contributed by atoms with Crippen LogP contribution in [0.2, 0.25) is 0 Å². The predicted octanol–water partition coefficient (Wildman–Crippen LogP) is 0.806. The van der Waals surface area contributed by atoms with Gasteiger partial charge in [-0.1, -0.05) is 23.4 Å². The number of likely N-dealkylation sites (tertiary alicyclic amines) is 1. The Hall–Kier alpha value is -2.74. The lowest BCUT2D eigenvalue weighted by molar-refractivity contribution is -0.131. The first-order valence-electron chi connectivity index (χ1n) is 8.23. The minimum Gasteiger partial charge on any atom is -0.379 e. The van der Waals surface area contributed by atoms with Gasteiger partial charge in [0.15, 0.2) is 0 Å². The lowest BCUT2D eigenvalue weighted by atomic mass is 10.0. The van der Waals surface area contributed by atoms with Gasteiger partial charge in [-0.3, -0.25) is 14.2 Å². The van der Waals surface area contributed by atoms with Crippen LogP contribution in [0.3, 0.4) is 0 Å². The van der Waals surface area contributed by atoms with Crippen LogP contribution in [0.5, 0.6) is 0 Å². The van der Waals surface area contributed by atoms with E-state index in [4.69, 9.17) is 4.74 Å². The van der Waals surface area contributed by atoms with E-state index < -0.39 is 0 Å². The van der Waals surface area contributed by atoms with Crippen molar-refractivity contribution >= 4 is 16.8 Å². The zero-order chi connectivity index (χ0) is 17.4. The highest BCUT2D eigenvalue weighted by molar-refractivity contribution is 5.80. The minimum atomic E-state index is -0.0719. The summed E-state index contributed by atoms with van der Waals surface area (Å²) in [6.45, 7) is 1.35. The molecule has 25 heavy (non-hydrogen) atoms. The number of aromatic nitrogens is 5. The Morgan fingerprint density at radius 3 is 2.84 bits per heavy atom. The number of benzene rings is 1. The number of carbonyl (C=O) groups is 1. The van der Waals surface area contributed by atoms with Gasteiger partial charge < -0.3 is 9.64 Å². The second kappa shape index (κ2) is 6.29. The molecule has 8 nitrogen and oxygen atoms in total. The molecule has 0 N–H and O–H groups in total. The third-order valence-electron chi connectivity index (χ3n) is 4.68. The molecule has 3 heterocycles. The number of ether oxygens (including phenoxy) is 1. The van der Waals surface area contributed by atoms with Crippen LogP contribution >= 0.6 is 0 Å². The first-order valence-corrected chi connectivity index (χ1v) is 8.23. The summed E-state index contributed by atoms with van der Waals surface area (Å²) in [4.78, 5) is 14.5. The van der Waals surface area contributed by atoms with Crippen LogP contribution in [0.15, 0.2) is 36.7 Å². The van der Waals surface area contributed by atoms with Gasteiger partial charge in [0.1, 0.15) is 6.54 Å². The molecule has 1 aliphatic heterocycles. The summed E-state index contributed by atoms with van der Waals surface area (Å²) in [5.41, 5.74) is 1.75. The largest absolute Gasteiger partial charge is 0.379 e. The molecule has 0 bridgehead atoms. The third kappa shape index (κ3) is 3.00. The molecular weight excluding hydrogens is 320 g/mol. The first-order chi connectivity index (χ1) is 12.1. The van der Waals surface area contributed by atoms with Crippen LogP contribution in [0, 0.1) is 0 Å². The Morgan fingerprint density at radius 2 is 2.12 bits per heavy atom. The number of rotatable bonds is 4. The van der Waals surface area contributed by atoms with Gasteiger partial charge in [0.05, 0.1) is 23.2 Å². The summed E-state index contributed by atoms with van der Waals surface area (Å²) < 4.78 is 8.94. The lowest BCUT2D eigenvalue weighted by Gasteiger charge is -2.15. The van der Waals surface area contributed by atoms with Crippen LogP contribution in [-0.4, -0.2) is 61.9 Å². The maximum Gasteiger partial charge on any atom is 0.244 e. The van der Waals surface area contributed by atoms with Crippen molar-refractivity contribution in [1.29, 1.82) is 0 Å². The Bertz CT molecular complexity index is 868. The maximum absolute atomic E-state index is 12.7. The van der Waals surface area contributed by atoms with Crippen molar-refractivity contribution in [2.45, 2.75) is 18.6 Å². The van der Waals surface area contributed by atoms with Crippen LogP contribution in [-0.2, 0) is 23.1 Å². The first kappa shape index (κ1) is 15.8. The van der Waals surface area contributed by atoms with Gasteiger partial charge in [-0.2, -0.15) is 5.10 Å². The van der Waals surface area contributed by atoms with E-state index in [9.17, 15) is 4.79 Å². The Labute approximate surface area is 145 Å². The van der Waals surface area contributed by atoms with Crippen molar-refractivity contribution in [3.05, 3.63) is 42.4 Å². The molecule has 2 aromatic heterocycles. The van der Waals surface area contributed by atoms with Crippen molar-refractivity contribution in [2.75, 3.05) is 20.2 Å². The molecule has 1 amide bonds. The monoisotopic (exact) mass is 340 g/mol. The van der Waals surface area contributed by atoms with E-state index in [2.05, 4.69) is 15.4 Å². The quantitative estimate of drug-likeness (QED) is 0.702. The fraction of sp³-hybridized carbons (Fsp3) is 0.412. The van der Waals surface area contributed by atoms with Crippen LogP contribution in [0.25, 0.3) is 10.9 Å². The molecular formula is C17H20N6O2. The second-order valence-electron chi connectivity index (χ2n) is 6.38. The van der Waals surface area contributed by atoms with Gasteiger partial charge in [0.25, 0.3) is 0 Å². The van der Waals surface area contributed by atoms with Gasteiger partial charge in [-0.15, -0.1) is 5.10 Å².